The lowest BCUT2D eigenvalue weighted by Gasteiger charge is -2.13. The van der Waals surface area contributed by atoms with Crippen LogP contribution in [-0.4, -0.2) is 27.1 Å². The lowest BCUT2D eigenvalue weighted by Crippen LogP contribution is -2.19. The molecule has 0 spiro atoms. The zero-order chi connectivity index (χ0) is 22.1. The molecule has 0 amide bonds. The quantitative estimate of drug-likeness (QED) is 0.273. The SMILES string of the molecule is Cc1ccc2c(CC(=O)O[C@@H](C)/C(O)=C(\C#N)c3nc4ccccc4[nH]3)coc2c1C. The third kappa shape index (κ3) is 3.76. The van der Waals surface area contributed by atoms with Crippen LogP contribution in [0.15, 0.2) is 52.8 Å². The molecule has 4 aromatic rings. The molecular weight excluding hydrogens is 394 g/mol. The number of aromatic amines is 1. The molecule has 0 saturated heterocycles. The summed E-state index contributed by atoms with van der Waals surface area (Å²) >= 11 is 0. The van der Waals surface area contributed by atoms with E-state index in [4.69, 9.17) is 9.15 Å². The topological polar surface area (TPSA) is 112 Å². The molecule has 2 aromatic heterocycles. The summed E-state index contributed by atoms with van der Waals surface area (Å²) in [6.07, 6.45) is 0.519. The van der Waals surface area contributed by atoms with E-state index in [1.54, 1.807) is 12.3 Å². The van der Waals surface area contributed by atoms with Gasteiger partial charge in [-0.3, -0.25) is 4.79 Å². The molecule has 0 bridgehead atoms. The number of esters is 1. The molecule has 2 heterocycles. The fourth-order valence-corrected chi connectivity index (χ4v) is 3.48. The minimum absolute atomic E-state index is 0.0142. The highest BCUT2D eigenvalue weighted by atomic mass is 16.6. The number of furan rings is 1. The number of carbonyl (C=O) groups is 1. The minimum atomic E-state index is -1.02. The Morgan fingerprint density at radius 3 is 2.81 bits per heavy atom. The number of imidazole rings is 1. The first-order valence-electron chi connectivity index (χ1n) is 9.83. The van der Waals surface area contributed by atoms with Crippen molar-refractivity contribution in [2.45, 2.75) is 33.3 Å². The van der Waals surface area contributed by atoms with Crippen LogP contribution in [0.3, 0.4) is 0 Å². The summed E-state index contributed by atoms with van der Waals surface area (Å²) in [6.45, 7) is 5.47. The van der Waals surface area contributed by atoms with Gasteiger partial charge in [-0.25, -0.2) is 4.98 Å². The summed E-state index contributed by atoms with van der Waals surface area (Å²) in [5.74, 6) is -0.684. The molecule has 0 fully saturated rings. The van der Waals surface area contributed by atoms with Crippen molar-refractivity contribution in [1.82, 2.24) is 9.97 Å². The lowest BCUT2D eigenvalue weighted by atomic mass is 10.0. The first kappa shape index (κ1) is 20.2. The first-order valence-corrected chi connectivity index (χ1v) is 9.83. The highest BCUT2D eigenvalue weighted by Crippen LogP contribution is 2.27. The number of aryl methyl sites for hydroxylation is 2. The Morgan fingerprint density at radius 2 is 2.06 bits per heavy atom. The van der Waals surface area contributed by atoms with E-state index < -0.39 is 12.1 Å². The highest BCUT2D eigenvalue weighted by Gasteiger charge is 2.22. The van der Waals surface area contributed by atoms with Crippen LogP contribution in [0.1, 0.15) is 29.4 Å². The number of allylic oxidation sites excluding steroid dienone is 1. The summed E-state index contributed by atoms with van der Waals surface area (Å²) in [4.78, 5) is 19.8. The number of nitrogens with one attached hydrogen (secondary N) is 1. The number of aliphatic hydroxyl groups is 1. The predicted molar refractivity (Wildman–Crippen MR) is 116 cm³/mol. The Hall–Kier alpha value is -4.05. The van der Waals surface area contributed by atoms with Crippen molar-refractivity contribution in [2.75, 3.05) is 0 Å². The lowest BCUT2D eigenvalue weighted by molar-refractivity contribution is -0.146. The van der Waals surface area contributed by atoms with Crippen molar-refractivity contribution in [3.8, 4) is 6.07 Å². The van der Waals surface area contributed by atoms with Crippen molar-refractivity contribution in [3.05, 3.63) is 70.9 Å². The monoisotopic (exact) mass is 415 g/mol. The van der Waals surface area contributed by atoms with Crippen LogP contribution in [0.2, 0.25) is 0 Å². The Kier molecular flexibility index (Phi) is 5.22. The average Bonchev–Trinajstić information content (AvgIpc) is 3.35. The molecule has 7 nitrogen and oxygen atoms in total. The zero-order valence-corrected chi connectivity index (χ0v) is 17.4. The zero-order valence-electron chi connectivity index (χ0n) is 17.4. The van der Waals surface area contributed by atoms with Gasteiger partial charge in [0.2, 0.25) is 0 Å². The van der Waals surface area contributed by atoms with Crippen LogP contribution >= 0.6 is 0 Å². The number of hydrogen-bond acceptors (Lipinski definition) is 6. The number of hydrogen-bond donors (Lipinski definition) is 2. The fraction of sp³-hybridized carbons (Fsp3) is 0.208. The molecule has 0 aliphatic carbocycles. The van der Waals surface area contributed by atoms with E-state index in [1.165, 1.54) is 6.92 Å². The van der Waals surface area contributed by atoms with Gasteiger partial charge in [-0.05, 0) is 44.0 Å². The Balaban J connectivity index is 1.54. The second-order valence-corrected chi connectivity index (χ2v) is 7.43. The average molecular weight is 415 g/mol. The molecule has 2 N–H and O–H groups in total. The van der Waals surface area contributed by atoms with Crippen LogP contribution in [0.25, 0.3) is 27.6 Å². The van der Waals surface area contributed by atoms with E-state index in [2.05, 4.69) is 9.97 Å². The van der Waals surface area contributed by atoms with Crippen molar-refractivity contribution in [3.63, 3.8) is 0 Å². The Bertz CT molecular complexity index is 1340. The smallest absolute Gasteiger partial charge is 0.311 e. The minimum Gasteiger partial charge on any atom is -0.507 e. The maximum absolute atomic E-state index is 12.5. The number of H-pyrrole nitrogens is 1. The Morgan fingerprint density at radius 1 is 1.29 bits per heavy atom. The van der Waals surface area contributed by atoms with Gasteiger partial charge in [0.1, 0.15) is 17.2 Å². The largest absolute Gasteiger partial charge is 0.507 e. The van der Waals surface area contributed by atoms with E-state index in [-0.39, 0.29) is 23.6 Å². The van der Waals surface area contributed by atoms with Gasteiger partial charge in [-0.15, -0.1) is 0 Å². The number of nitrogens with zero attached hydrogens (tertiary/aromatic N) is 2. The number of aliphatic hydroxyl groups excluding tert-OH is 1. The van der Waals surface area contributed by atoms with E-state index >= 15 is 0 Å². The normalized spacial score (nSPS) is 13.1. The number of ether oxygens (including phenoxy) is 1. The summed E-state index contributed by atoms with van der Waals surface area (Å²) in [6, 6.07) is 13.1. The third-order valence-electron chi connectivity index (χ3n) is 5.36. The van der Waals surface area contributed by atoms with Gasteiger partial charge >= 0.3 is 5.97 Å². The maximum Gasteiger partial charge on any atom is 0.311 e. The van der Waals surface area contributed by atoms with Gasteiger partial charge in [0.25, 0.3) is 0 Å². The van der Waals surface area contributed by atoms with E-state index in [0.717, 1.165) is 27.6 Å². The third-order valence-corrected chi connectivity index (χ3v) is 5.36. The molecule has 7 heteroatoms. The number of para-hydroxylation sites is 2. The second kappa shape index (κ2) is 8.00. The number of carbonyl (C=O) groups excluding carboxylic acids is 1. The van der Waals surface area contributed by atoms with Crippen LogP contribution < -0.4 is 0 Å². The molecule has 0 aliphatic rings. The standard InChI is InChI=1S/C24H21N3O4/c1-13-8-9-17-16(12-30-23(17)14(13)2)10-21(28)31-15(3)22(29)18(11-25)24-26-19-6-4-5-7-20(19)27-24/h4-9,12,15,29H,10H2,1-3H3,(H,26,27)/b22-18-/t15-/m0/s1. The number of aromatic nitrogens is 2. The van der Waals surface area contributed by atoms with Gasteiger partial charge < -0.3 is 19.2 Å². The molecule has 4 rings (SSSR count). The molecule has 0 saturated carbocycles. The number of benzene rings is 2. The Labute approximate surface area is 178 Å². The summed E-state index contributed by atoms with van der Waals surface area (Å²) in [7, 11) is 0. The van der Waals surface area contributed by atoms with Crippen LogP contribution in [0.4, 0.5) is 0 Å². The van der Waals surface area contributed by atoms with Gasteiger partial charge in [-0.2, -0.15) is 5.26 Å². The fourth-order valence-electron chi connectivity index (χ4n) is 3.48. The summed E-state index contributed by atoms with van der Waals surface area (Å²) in [5.41, 5.74) is 4.91. The molecule has 31 heavy (non-hydrogen) atoms. The van der Waals surface area contributed by atoms with Crippen molar-refractivity contribution >= 4 is 33.5 Å². The van der Waals surface area contributed by atoms with E-state index in [0.29, 0.717) is 11.1 Å². The molecular formula is C24H21N3O4. The van der Waals surface area contributed by atoms with Crippen LogP contribution in [0.5, 0.6) is 0 Å². The van der Waals surface area contributed by atoms with Crippen molar-refractivity contribution < 1.29 is 19.1 Å². The molecule has 0 aliphatic heterocycles. The van der Waals surface area contributed by atoms with Crippen LogP contribution in [-0.2, 0) is 16.0 Å². The first-order chi connectivity index (χ1) is 14.9. The van der Waals surface area contributed by atoms with E-state index in [9.17, 15) is 15.2 Å². The van der Waals surface area contributed by atoms with Crippen LogP contribution in [0, 0.1) is 25.2 Å². The molecule has 2 aromatic carbocycles. The van der Waals surface area contributed by atoms with Gasteiger partial charge in [0, 0.05) is 10.9 Å². The molecule has 1 atom stereocenters. The molecule has 156 valence electrons. The summed E-state index contributed by atoms with van der Waals surface area (Å²) < 4.78 is 11.0. The second-order valence-electron chi connectivity index (χ2n) is 7.43. The molecule has 0 unspecified atom stereocenters. The van der Waals surface area contributed by atoms with Crippen molar-refractivity contribution in [2.24, 2.45) is 0 Å². The molecule has 0 radical (unpaired) electrons. The number of fused-ring (bicyclic) bond motifs is 2. The van der Waals surface area contributed by atoms with Gasteiger partial charge in [0.15, 0.2) is 17.7 Å². The van der Waals surface area contributed by atoms with Crippen molar-refractivity contribution in [1.29, 1.82) is 5.26 Å². The summed E-state index contributed by atoms with van der Waals surface area (Å²) in [5, 5.41) is 21.0. The van der Waals surface area contributed by atoms with Gasteiger partial charge in [-0.1, -0.05) is 24.3 Å². The van der Waals surface area contributed by atoms with E-state index in [1.807, 2.05) is 50.2 Å². The highest BCUT2D eigenvalue weighted by molar-refractivity contribution is 5.88. The number of rotatable bonds is 5. The number of nitriles is 1. The maximum atomic E-state index is 12.5. The predicted octanol–water partition coefficient (Wildman–Crippen LogP) is 4.89. The van der Waals surface area contributed by atoms with Gasteiger partial charge in [0.05, 0.1) is 23.7 Å².